The molecule has 0 spiro atoms. The van der Waals surface area contributed by atoms with Crippen LogP contribution in [-0.4, -0.2) is 46.9 Å². The highest BCUT2D eigenvalue weighted by Crippen LogP contribution is 2.35. The number of hydrogen-bond acceptors (Lipinski definition) is 5. The quantitative estimate of drug-likeness (QED) is 0.755. The van der Waals surface area contributed by atoms with Crippen molar-refractivity contribution in [3.63, 3.8) is 0 Å². The van der Waals surface area contributed by atoms with Crippen LogP contribution in [0.25, 0.3) is 0 Å². The van der Waals surface area contributed by atoms with Gasteiger partial charge in [-0.25, -0.2) is 14.4 Å². The summed E-state index contributed by atoms with van der Waals surface area (Å²) in [5.74, 6) is 0.746. The number of halogens is 1. The largest absolute Gasteiger partial charge is 0.375 e. The molecule has 1 fully saturated rings. The van der Waals surface area contributed by atoms with Crippen molar-refractivity contribution in [3.8, 4) is 0 Å². The Bertz CT molecular complexity index is 964. The summed E-state index contributed by atoms with van der Waals surface area (Å²) >= 11 is 0. The highest BCUT2D eigenvalue weighted by atomic mass is 19.1. The van der Waals surface area contributed by atoms with Crippen LogP contribution >= 0.6 is 0 Å². The topological polar surface area (TPSA) is 75.6 Å². The van der Waals surface area contributed by atoms with Crippen LogP contribution in [0, 0.1) is 12.7 Å². The van der Waals surface area contributed by atoms with Crippen LogP contribution in [0.15, 0.2) is 24.3 Å². The van der Waals surface area contributed by atoms with Gasteiger partial charge in [0.25, 0.3) is 0 Å². The molecule has 2 aliphatic heterocycles. The Morgan fingerprint density at radius 2 is 2.00 bits per heavy atom. The molecule has 0 radical (unpaired) electrons. The summed E-state index contributed by atoms with van der Waals surface area (Å²) in [4.78, 5) is 38.1. The van der Waals surface area contributed by atoms with Crippen LogP contribution in [0.2, 0.25) is 0 Å². The number of benzene rings is 1. The van der Waals surface area contributed by atoms with Gasteiger partial charge in [-0.3, -0.25) is 14.5 Å². The van der Waals surface area contributed by atoms with E-state index in [1.807, 2.05) is 6.92 Å². The summed E-state index contributed by atoms with van der Waals surface area (Å²) in [5.41, 5.74) is 2.61. The molecule has 2 amide bonds. The second-order valence-electron chi connectivity index (χ2n) is 7.75. The van der Waals surface area contributed by atoms with E-state index in [1.54, 1.807) is 21.9 Å². The molecule has 4 rings (SSSR count). The Morgan fingerprint density at radius 1 is 1.23 bits per heavy atom. The van der Waals surface area contributed by atoms with E-state index in [0.717, 1.165) is 29.7 Å². The van der Waals surface area contributed by atoms with Gasteiger partial charge in [0.15, 0.2) is 5.82 Å². The Morgan fingerprint density at radius 3 is 2.73 bits per heavy atom. The van der Waals surface area contributed by atoms with Crippen molar-refractivity contribution in [2.24, 2.45) is 0 Å². The molecule has 158 valence electrons. The number of aryl methyl sites for hydroxylation is 1. The number of hydrogen-bond donors (Lipinski definition) is 0. The van der Waals surface area contributed by atoms with Gasteiger partial charge in [-0.2, -0.15) is 0 Å². The average Bonchev–Trinajstić information content (AvgIpc) is 3.22. The minimum Gasteiger partial charge on any atom is -0.375 e. The van der Waals surface area contributed by atoms with Gasteiger partial charge in [-0.15, -0.1) is 0 Å². The van der Waals surface area contributed by atoms with E-state index in [2.05, 4.69) is 0 Å². The molecule has 8 heteroatoms. The van der Waals surface area contributed by atoms with Crippen molar-refractivity contribution in [3.05, 3.63) is 52.7 Å². The highest BCUT2D eigenvalue weighted by molar-refractivity contribution is 5.95. The number of nitrogens with zero attached hydrogens (tertiary/aromatic N) is 4. The second-order valence-corrected chi connectivity index (χ2v) is 7.75. The van der Waals surface area contributed by atoms with Gasteiger partial charge in [0.1, 0.15) is 18.2 Å². The van der Waals surface area contributed by atoms with Crippen LogP contribution in [0.4, 0.5) is 10.2 Å². The fourth-order valence-corrected chi connectivity index (χ4v) is 4.23. The molecule has 0 N–H and O–H groups in total. The number of anilines is 1. The number of amides is 2. The zero-order valence-electron chi connectivity index (χ0n) is 17.2. The van der Waals surface area contributed by atoms with Gasteiger partial charge in [0, 0.05) is 31.3 Å². The fourth-order valence-electron chi connectivity index (χ4n) is 4.23. The lowest BCUT2D eigenvalue weighted by molar-refractivity contribution is -0.136. The van der Waals surface area contributed by atoms with Crippen LogP contribution in [0.1, 0.15) is 47.9 Å². The monoisotopic (exact) mass is 412 g/mol. The first-order valence-electron chi connectivity index (χ1n) is 10.2. The third-order valence-electron chi connectivity index (χ3n) is 5.75. The minimum atomic E-state index is -0.313. The van der Waals surface area contributed by atoms with Gasteiger partial charge in [-0.05, 0) is 43.9 Å². The molecule has 2 aromatic rings. The first-order valence-corrected chi connectivity index (χ1v) is 10.2. The zero-order chi connectivity index (χ0) is 21.3. The van der Waals surface area contributed by atoms with Crippen molar-refractivity contribution in [2.45, 2.75) is 45.2 Å². The van der Waals surface area contributed by atoms with E-state index >= 15 is 0 Å². The lowest BCUT2D eigenvalue weighted by atomic mass is 10.0. The van der Waals surface area contributed by atoms with E-state index in [0.29, 0.717) is 37.6 Å². The van der Waals surface area contributed by atoms with Gasteiger partial charge in [0.2, 0.25) is 11.8 Å². The smallest absolute Gasteiger partial charge is 0.249 e. The van der Waals surface area contributed by atoms with E-state index in [9.17, 15) is 14.0 Å². The third-order valence-corrected chi connectivity index (χ3v) is 5.75. The van der Waals surface area contributed by atoms with Crippen molar-refractivity contribution in [1.82, 2.24) is 14.9 Å². The van der Waals surface area contributed by atoms with Gasteiger partial charge >= 0.3 is 0 Å². The molecular formula is C22H25FN4O3. The Labute approximate surface area is 174 Å². The van der Waals surface area contributed by atoms with E-state index in [4.69, 9.17) is 14.7 Å². The lowest BCUT2D eigenvalue weighted by Crippen LogP contribution is -2.38. The molecular weight excluding hydrogens is 387 g/mol. The summed E-state index contributed by atoms with van der Waals surface area (Å²) in [7, 11) is 1.50. The molecule has 30 heavy (non-hydrogen) atoms. The molecule has 0 aliphatic carbocycles. The number of fused-ring (bicyclic) bond motifs is 1. The molecule has 7 nitrogen and oxygen atoms in total. The number of likely N-dealkylation sites (tertiary alicyclic amines) is 1. The minimum absolute atomic E-state index is 0.0189. The Balaban J connectivity index is 1.69. The van der Waals surface area contributed by atoms with E-state index in [-0.39, 0.29) is 30.3 Å². The van der Waals surface area contributed by atoms with Gasteiger partial charge in [0.05, 0.1) is 12.6 Å². The second kappa shape index (κ2) is 8.47. The predicted octanol–water partition coefficient (Wildman–Crippen LogP) is 2.71. The van der Waals surface area contributed by atoms with E-state index < -0.39 is 0 Å². The summed E-state index contributed by atoms with van der Waals surface area (Å²) < 4.78 is 18.3. The number of methoxy groups -OCH3 is 1. The number of carbonyl (C=O) groups excluding carboxylic acids is 2. The molecule has 1 atom stereocenters. The number of rotatable bonds is 5. The molecule has 0 saturated carbocycles. The van der Waals surface area contributed by atoms with Crippen LogP contribution in [-0.2, 0) is 27.3 Å². The standard InChI is InChI=1S/C22H25FN4O3/c1-14-17-9-10-19(28)27(12-15-5-7-16(23)8-6-15)22(17)25-21(24-14)18-4-3-11-26(18)20(29)13-30-2/h5-8,18H,3-4,9-13H2,1-2H3. The molecule has 1 saturated heterocycles. The molecule has 1 unspecified atom stereocenters. The van der Waals surface area contributed by atoms with E-state index in [1.165, 1.54) is 19.2 Å². The Kier molecular flexibility index (Phi) is 5.76. The van der Waals surface area contributed by atoms with Crippen molar-refractivity contribution >= 4 is 17.6 Å². The van der Waals surface area contributed by atoms with Crippen LogP contribution in [0.5, 0.6) is 0 Å². The highest BCUT2D eigenvalue weighted by Gasteiger charge is 2.35. The normalized spacial score (nSPS) is 18.6. The molecule has 3 heterocycles. The molecule has 0 bridgehead atoms. The third kappa shape index (κ3) is 3.92. The molecule has 1 aromatic carbocycles. The summed E-state index contributed by atoms with van der Waals surface area (Å²) in [6.45, 7) is 2.91. The predicted molar refractivity (Wildman–Crippen MR) is 108 cm³/mol. The van der Waals surface area contributed by atoms with Crippen molar-refractivity contribution < 1.29 is 18.7 Å². The average molecular weight is 412 g/mol. The Hall–Kier alpha value is -2.87. The van der Waals surface area contributed by atoms with Gasteiger partial charge < -0.3 is 9.64 Å². The number of aromatic nitrogens is 2. The zero-order valence-corrected chi connectivity index (χ0v) is 17.2. The first kappa shape index (κ1) is 20.4. The fraction of sp³-hybridized carbons (Fsp3) is 0.455. The molecule has 1 aromatic heterocycles. The van der Waals surface area contributed by atoms with Gasteiger partial charge in [-0.1, -0.05) is 12.1 Å². The maximum absolute atomic E-state index is 13.3. The first-order chi connectivity index (χ1) is 14.5. The summed E-state index contributed by atoms with van der Waals surface area (Å²) in [6, 6.07) is 5.90. The van der Waals surface area contributed by atoms with Crippen LogP contribution < -0.4 is 4.90 Å². The summed E-state index contributed by atoms with van der Waals surface area (Å²) in [6.07, 6.45) is 2.63. The maximum atomic E-state index is 13.3. The summed E-state index contributed by atoms with van der Waals surface area (Å²) in [5, 5.41) is 0. The number of ether oxygens (including phenoxy) is 1. The maximum Gasteiger partial charge on any atom is 0.249 e. The van der Waals surface area contributed by atoms with Crippen molar-refractivity contribution in [1.29, 1.82) is 0 Å². The molecule has 2 aliphatic rings. The van der Waals surface area contributed by atoms with Crippen LogP contribution in [0.3, 0.4) is 0 Å². The number of carbonyl (C=O) groups is 2. The lowest BCUT2D eigenvalue weighted by Gasteiger charge is -2.31. The van der Waals surface area contributed by atoms with Crippen molar-refractivity contribution in [2.75, 3.05) is 25.2 Å². The SMILES string of the molecule is COCC(=O)N1CCCC1c1nc(C)c2c(n1)N(Cc1ccc(F)cc1)C(=O)CC2.